The Labute approximate surface area is 114 Å². The highest BCUT2D eigenvalue weighted by Crippen LogP contribution is 2.38. The summed E-state index contributed by atoms with van der Waals surface area (Å²) in [5.41, 5.74) is 0.353. The van der Waals surface area contributed by atoms with Crippen LogP contribution in [0.25, 0.3) is 0 Å². The molecule has 0 amide bonds. The second kappa shape index (κ2) is 6.02. The van der Waals surface area contributed by atoms with Gasteiger partial charge in [0.05, 0.1) is 11.7 Å². The van der Waals surface area contributed by atoms with Gasteiger partial charge >= 0.3 is 0 Å². The Hall–Kier alpha value is -0.930. The van der Waals surface area contributed by atoms with E-state index in [0.717, 1.165) is 24.8 Å². The molecule has 1 aromatic rings. The van der Waals surface area contributed by atoms with Crippen LogP contribution in [0.2, 0.25) is 0 Å². The summed E-state index contributed by atoms with van der Waals surface area (Å²) in [6, 6.07) is 6.44. The Morgan fingerprint density at radius 1 is 1.53 bits per heavy atom. The lowest BCUT2D eigenvalue weighted by Crippen LogP contribution is -2.48. The summed E-state index contributed by atoms with van der Waals surface area (Å²) in [5.74, 6) is 0.309. The van der Waals surface area contributed by atoms with Crippen LogP contribution in [-0.2, 0) is 11.2 Å². The smallest absolute Gasteiger partial charge is 0.123 e. The first-order valence-corrected chi connectivity index (χ1v) is 7.03. The van der Waals surface area contributed by atoms with Crippen molar-refractivity contribution in [3.05, 3.63) is 35.6 Å². The van der Waals surface area contributed by atoms with Crippen molar-refractivity contribution in [3.63, 3.8) is 0 Å². The van der Waals surface area contributed by atoms with E-state index in [1.807, 2.05) is 6.07 Å². The summed E-state index contributed by atoms with van der Waals surface area (Å²) < 4.78 is 18.9. The standard InChI is InChI=1S/C16H23FO2/c1-12-5-4-8-16(11-12,19-2)15(18)10-13-6-3-7-14(17)9-13/h3,6-7,9,12,15,18H,4-5,8,10-11H2,1-2H3. The summed E-state index contributed by atoms with van der Waals surface area (Å²) in [5, 5.41) is 10.5. The molecule has 0 aliphatic heterocycles. The van der Waals surface area contributed by atoms with Crippen molar-refractivity contribution < 1.29 is 14.2 Å². The largest absolute Gasteiger partial charge is 0.390 e. The minimum Gasteiger partial charge on any atom is -0.390 e. The Kier molecular flexibility index (Phi) is 4.58. The first kappa shape index (κ1) is 14.5. The number of ether oxygens (including phenoxy) is 1. The van der Waals surface area contributed by atoms with Crippen LogP contribution < -0.4 is 0 Å². The van der Waals surface area contributed by atoms with Crippen molar-refractivity contribution in [2.45, 2.75) is 50.7 Å². The summed E-state index contributed by atoms with van der Waals surface area (Å²) in [6.45, 7) is 2.20. The Bertz CT molecular complexity index is 421. The van der Waals surface area contributed by atoms with Gasteiger partial charge < -0.3 is 9.84 Å². The van der Waals surface area contributed by atoms with Crippen LogP contribution in [0.1, 0.15) is 38.2 Å². The number of benzene rings is 1. The van der Waals surface area contributed by atoms with E-state index in [0.29, 0.717) is 12.3 Å². The van der Waals surface area contributed by atoms with Gasteiger partial charge in [-0.2, -0.15) is 0 Å². The number of rotatable bonds is 4. The molecule has 0 bridgehead atoms. The van der Waals surface area contributed by atoms with Crippen molar-refractivity contribution in [3.8, 4) is 0 Å². The fourth-order valence-electron chi connectivity index (χ4n) is 3.24. The molecule has 1 N–H and O–H groups in total. The average molecular weight is 266 g/mol. The summed E-state index contributed by atoms with van der Waals surface area (Å²) in [4.78, 5) is 0. The molecule has 1 saturated carbocycles. The Balaban J connectivity index is 2.10. The maximum absolute atomic E-state index is 13.2. The first-order valence-electron chi connectivity index (χ1n) is 7.03. The highest BCUT2D eigenvalue weighted by atomic mass is 19.1. The van der Waals surface area contributed by atoms with Crippen LogP contribution in [0.5, 0.6) is 0 Å². The van der Waals surface area contributed by atoms with Crippen LogP contribution in [0, 0.1) is 11.7 Å². The van der Waals surface area contributed by atoms with Crippen LogP contribution in [-0.4, -0.2) is 23.9 Å². The maximum atomic E-state index is 13.2. The van der Waals surface area contributed by atoms with Crippen molar-refractivity contribution in [1.82, 2.24) is 0 Å². The highest BCUT2D eigenvalue weighted by molar-refractivity contribution is 5.18. The molecule has 3 heteroatoms. The lowest BCUT2D eigenvalue weighted by molar-refractivity contribution is -0.131. The fourth-order valence-corrected chi connectivity index (χ4v) is 3.24. The molecule has 0 spiro atoms. The van der Waals surface area contributed by atoms with Crippen LogP contribution in [0.15, 0.2) is 24.3 Å². The molecule has 19 heavy (non-hydrogen) atoms. The molecule has 2 nitrogen and oxygen atoms in total. The van der Waals surface area contributed by atoms with Gasteiger partial charge in [0.1, 0.15) is 5.82 Å². The number of aliphatic hydroxyl groups excluding tert-OH is 1. The van der Waals surface area contributed by atoms with E-state index in [4.69, 9.17) is 4.74 Å². The zero-order valence-electron chi connectivity index (χ0n) is 11.7. The van der Waals surface area contributed by atoms with Crippen LogP contribution in [0.3, 0.4) is 0 Å². The van der Waals surface area contributed by atoms with Crippen LogP contribution >= 0.6 is 0 Å². The molecule has 1 aliphatic rings. The van der Waals surface area contributed by atoms with Gasteiger partial charge in [-0.1, -0.05) is 31.9 Å². The molecule has 3 atom stereocenters. The average Bonchev–Trinajstić information content (AvgIpc) is 2.38. The van der Waals surface area contributed by atoms with Crippen molar-refractivity contribution in [1.29, 1.82) is 0 Å². The van der Waals surface area contributed by atoms with E-state index >= 15 is 0 Å². The molecule has 1 aromatic carbocycles. The van der Waals surface area contributed by atoms with Gasteiger partial charge in [0.15, 0.2) is 0 Å². The second-order valence-electron chi connectivity index (χ2n) is 5.82. The quantitative estimate of drug-likeness (QED) is 0.906. The molecule has 106 valence electrons. The molecule has 0 radical (unpaired) electrons. The van der Waals surface area contributed by atoms with Gasteiger partial charge in [-0.3, -0.25) is 0 Å². The minimum absolute atomic E-state index is 0.256. The molecule has 2 rings (SSSR count). The molecule has 1 aliphatic carbocycles. The third-order valence-electron chi connectivity index (χ3n) is 4.32. The second-order valence-corrected chi connectivity index (χ2v) is 5.82. The molecule has 1 fully saturated rings. The van der Waals surface area contributed by atoms with E-state index in [2.05, 4.69) is 6.92 Å². The molecular weight excluding hydrogens is 243 g/mol. The predicted molar refractivity (Wildman–Crippen MR) is 73.5 cm³/mol. The van der Waals surface area contributed by atoms with Crippen molar-refractivity contribution >= 4 is 0 Å². The molecule has 0 saturated heterocycles. The topological polar surface area (TPSA) is 29.5 Å². The van der Waals surface area contributed by atoms with E-state index in [1.54, 1.807) is 13.2 Å². The van der Waals surface area contributed by atoms with Gasteiger partial charge in [-0.05, 0) is 36.5 Å². The Morgan fingerprint density at radius 3 is 2.95 bits per heavy atom. The van der Waals surface area contributed by atoms with Crippen molar-refractivity contribution in [2.75, 3.05) is 7.11 Å². The number of halogens is 1. The number of hydrogen-bond donors (Lipinski definition) is 1. The lowest BCUT2D eigenvalue weighted by Gasteiger charge is -2.42. The number of hydrogen-bond acceptors (Lipinski definition) is 2. The van der Waals surface area contributed by atoms with Gasteiger partial charge in [0, 0.05) is 13.5 Å². The van der Waals surface area contributed by atoms with Crippen molar-refractivity contribution in [2.24, 2.45) is 5.92 Å². The zero-order chi connectivity index (χ0) is 13.9. The normalized spacial score (nSPS) is 29.2. The fraction of sp³-hybridized carbons (Fsp3) is 0.625. The molecule has 0 heterocycles. The summed E-state index contributed by atoms with van der Waals surface area (Å²) in [6.07, 6.45) is 3.89. The first-order chi connectivity index (χ1) is 9.05. The monoisotopic (exact) mass is 266 g/mol. The predicted octanol–water partition coefficient (Wildman–Crippen LogP) is 3.32. The third kappa shape index (κ3) is 3.34. The van der Waals surface area contributed by atoms with Gasteiger partial charge in [-0.25, -0.2) is 4.39 Å². The maximum Gasteiger partial charge on any atom is 0.123 e. The van der Waals surface area contributed by atoms with Gasteiger partial charge in [0.25, 0.3) is 0 Å². The molecule has 0 aromatic heterocycles. The Morgan fingerprint density at radius 2 is 2.32 bits per heavy atom. The van der Waals surface area contributed by atoms with E-state index in [-0.39, 0.29) is 5.82 Å². The van der Waals surface area contributed by atoms with E-state index < -0.39 is 11.7 Å². The minimum atomic E-state index is -0.581. The SMILES string of the molecule is COC1(C(O)Cc2cccc(F)c2)CCCC(C)C1. The van der Waals surface area contributed by atoms with E-state index in [1.165, 1.54) is 18.6 Å². The molecule has 3 unspecified atom stereocenters. The van der Waals surface area contributed by atoms with Crippen LogP contribution in [0.4, 0.5) is 4.39 Å². The highest BCUT2D eigenvalue weighted by Gasteiger charge is 2.41. The van der Waals surface area contributed by atoms with E-state index in [9.17, 15) is 9.50 Å². The third-order valence-corrected chi connectivity index (χ3v) is 4.32. The molecular formula is C16H23FO2. The number of aliphatic hydroxyl groups is 1. The number of methoxy groups -OCH3 is 1. The zero-order valence-corrected chi connectivity index (χ0v) is 11.7. The lowest BCUT2D eigenvalue weighted by atomic mass is 9.74. The van der Waals surface area contributed by atoms with Gasteiger partial charge in [0.2, 0.25) is 0 Å². The van der Waals surface area contributed by atoms with Gasteiger partial charge in [-0.15, -0.1) is 0 Å². The summed E-state index contributed by atoms with van der Waals surface area (Å²) in [7, 11) is 1.67. The summed E-state index contributed by atoms with van der Waals surface area (Å²) >= 11 is 0.